The maximum absolute atomic E-state index is 13.9. The molecule has 1 spiro atoms. The van der Waals surface area contributed by atoms with E-state index in [0.717, 1.165) is 57.2 Å². The normalized spacial score (nSPS) is 23.5. The summed E-state index contributed by atoms with van der Waals surface area (Å²) in [5, 5.41) is 12.0. The van der Waals surface area contributed by atoms with Gasteiger partial charge in [-0.05, 0) is 81.2 Å². The van der Waals surface area contributed by atoms with Crippen LogP contribution in [0.4, 0.5) is 36.4 Å². The van der Waals surface area contributed by atoms with Gasteiger partial charge in [-0.15, -0.1) is 0 Å². The first-order chi connectivity index (χ1) is 27.9. The van der Waals surface area contributed by atoms with E-state index in [1.807, 2.05) is 11.0 Å². The number of carbonyl (C=O) groups excluding carboxylic acids is 4. The second-order valence-corrected chi connectivity index (χ2v) is 16.8. The van der Waals surface area contributed by atoms with E-state index in [0.29, 0.717) is 31.2 Å². The maximum Gasteiger partial charge on any atom is 0.270 e. The molecule has 1 aromatic carbocycles. The Balaban J connectivity index is 0.000000178. The number of hydrogen-bond acceptors (Lipinski definition) is 8. The van der Waals surface area contributed by atoms with Crippen molar-refractivity contribution >= 4 is 30.1 Å². The van der Waals surface area contributed by atoms with Crippen LogP contribution in [0, 0.1) is 17.7 Å². The van der Waals surface area contributed by atoms with E-state index in [1.54, 1.807) is 20.0 Å². The summed E-state index contributed by atoms with van der Waals surface area (Å²) < 4.78 is 92.7. The Morgan fingerprint density at radius 1 is 0.949 bits per heavy atom. The minimum absolute atomic E-state index is 0.0339. The van der Waals surface area contributed by atoms with Crippen LogP contribution in [0.3, 0.4) is 0 Å². The summed E-state index contributed by atoms with van der Waals surface area (Å²) in [6, 6.07) is 4.75. The van der Waals surface area contributed by atoms with Gasteiger partial charge in [0.15, 0.2) is 0 Å². The fraction of sp³-hybridized carbons (Fsp3) is 0.683. The molecule has 0 bridgehead atoms. The average molecular weight is 844 g/mol. The molecule has 4 aliphatic carbocycles. The van der Waals surface area contributed by atoms with Crippen LogP contribution in [0.1, 0.15) is 93.6 Å². The Morgan fingerprint density at radius 2 is 1.66 bits per heavy atom. The van der Waals surface area contributed by atoms with Gasteiger partial charge in [-0.1, -0.05) is 13.0 Å². The lowest BCUT2D eigenvalue weighted by Crippen LogP contribution is -2.54. The van der Waals surface area contributed by atoms with Gasteiger partial charge in [-0.3, -0.25) is 19.2 Å². The first-order valence-electron chi connectivity index (χ1n) is 20.4. The van der Waals surface area contributed by atoms with Crippen LogP contribution in [0.25, 0.3) is 0 Å². The summed E-state index contributed by atoms with van der Waals surface area (Å²) in [6.45, 7) is 4.58. The Bertz CT molecular complexity index is 1760. The average Bonchev–Trinajstić information content (AvgIpc) is 4.10. The van der Waals surface area contributed by atoms with E-state index in [1.165, 1.54) is 23.0 Å². The second-order valence-electron chi connectivity index (χ2n) is 16.8. The van der Waals surface area contributed by atoms with E-state index >= 15 is 0 Å². The first kappa shape index (κ1) is 46.0. The molecule has 59 heavy (non-hydrogen) atoms. The molecule has 1 aliphatic heterocycles. The highest BCUT2D eigenvalue weighted by Gasteiger charge is 2.52. The number of amides is 2. The highest BCUT2D eigenvalue weighted by molar-refractivity contribution is 5.94. The van der Waals surface area contributed by atoms with Crippen molar-refractivity contribution in [1.82, 2.24) is 30.2 Å². The fourth-order valence-electron chi connectivity index (χ4n) is 8.63. The van der Waals surface area contributed by atoms with Gasteiger partial charge in [0.25, 0.3) is 12.3 Å². The van der Waals surface area contributed by atoms with Crippen LogP contribution in [0.5, 0.6) is 0 Å². The predicted octanol–water partition coefficient (Wildman–Crippen LogP) is 6.08. The van der Waals surface area contributed by atoms with Crippen LogP contribution < -0.4 is 16.0 Å². The molecule has 2 amide bonds. The molecule has 328 valence electrons. The molecule has 5 aliphatic rings. The van der Waals surface area contributed by atoms with Crippen molar-refractivity contribution in [2.24, 2.45) is 11.8 Å². The number of alkyl halides is 6. The molecule has 5 fully saturated rings. The monoisotopic (exact) mass is 843 g/mol. The minimum Gasteiger partial charge on any atom is -0.386 e. The predicted molar refractivity (Wildman–Crippen MR) is 206 cm³/mol. The molecular formula is C41H56F7N7O4. The van der Waals surface area contributed by atoms with Gasteiger partial charge in [0.2, 0.25) is 17.8 Å². The summed E-state index contributed by atoms with van der Waals surface area (Å²) in [6.07, 6.45) is 4.11. The fourth-order valence-corrected chi connectivity index (χ4v) is 8.63. The molecule has 3 atom stereocenters. The molecule has 3 N–H and O–H groups in total. The summed E-state index contributed by atoms with van der Waals surface area (Å²) in [5.41, 5.74) is 1.00. The van der Waals surface area contributed by atoms with Crippen molar-refractivity contribution in [1.29, 1.82) is 0 Å². The topological polar surface area (TPSA) is 129 Å². The molecular weight excluding hydrogens is 787 g/mol. The van der Waals surface area contributed by atoms with Gasteiger partial charge in [0.05, 0.1) is 24.3 Å². The number of likely N-dealkylation sites (N-methyl/N-ethyl adjacent to an activating group) is 1. The van der Waals surface area contributed by atoms with E-state index in [9.17, 15) is 49.9 Å². The molecule has 1 saturated heterocycles. The summed E-state index contributed by atoms with van der Waals surface area (Å²) >= 11 is 0. The van der Waals surface area contributed by atoms with E-state index in [-0.39, 0.29) is 61.2 Å². The molecule has 0 radical (unpaired) electrons. The summed E-state index contributed by atoms with van der Waals surface area (Å²) in [4.78, 5) is 50.8. The van der Waals surface area contributed by atoms with Gasteiger partial charge >= 0.3 is 0 Å². The molecule has 11 nitrogen and oxygen atoms in total. The van der Waals surface area contributed by atoms with Crippen molar-refractivity contribution in [3.05, 3.63) is 47.5 Å². The highest BCUT2D eigenvalue weighted by Crippen LogP contribution is 2.51. The van der Waals surface area contributed by atoms with Crippen molar-refractivity contribution in [2.75, 3.05) is 45.6 Å². The number of aromatic nitrogens is 2. The molecule has 7 rings (SSSR count). The number of nitrogens with zero attached hydrogens (tertiary/aromatic N) is 4. The zero-order chi connectivity index (χ0) is 43.2. The summed E-state index contributed by atoms with van der Waals surface area (Å²) in [7, 11) is 3.72. The third-order valence-electron chi connectivity index (χ3n) is 12.3. The number of piperazine rings is 1. The lowest BCUT2D eigenvalue weighted by Gasteiger charge is -2.40. The van der Waals surface area contributed by atoms with Crippen molar-refractivity contribution in [2.45, 2.75) is 125 Å². The molecule has 2 aromatic rings. The minimum atomic E-state index is -2.83. The Morgan fingerprint density at radius 3 is 2.20 bits per heavy atom. The Hall–Kier alpha value is -4.06. The Kier molecular flexibility index (Phi) is 14.9. The SMILES string of the molecule is CCC(=O)NC(C=O)C1(c2ccc(NC)c(F)c2)CC1.CN1CCN(CC(F)F)C2(CC2)C1.O=CC(NC(=O)c1ccnn1CC1CC(F)(F)C1)C1CCCC(F)(F)C1. The lowest BCUT2D eigenvalue weighted by atomic mass is 9.81. The third kappa shape index (κ3) is 11.8. The number of aldehydes is 2. The standard InChI is InChI=1S/C17H21F4N3O2.C15H19FN2O2.C9H16F2N2/c18-16(19)4-1-2-12(8-16)13(10-25)23-15(26)14-3-5-22-24(14)9-11-6-17(20,21)7-11;1-3-14(20)18-13(9-19)15(6-7-15)10-4-5-12(17-2)11(16)8-10;1-12-4-5-13(6-8(10)11)9(7-12)2-3-9/h3,5,10-13H,1-2,4,6-9H2,(H,23,26);4-5,8-9,13,17H,3,6-7H2,1-2H3,(H,18,20);8H,2-7H2,1H3. The first-order valence-corrected chi connectivity index (χ1v) is 20.4. The van der Waals surface area contributed by atoms with E-state index in [2.05, 4.69) is 33.0 Å². The maximum atomic E-state index is 13.9. The van der Waals surface area contributed by atoms with E-state index in [4.69, 9.17) is 0 Å². The van der Waals surface area contributed by atoms with E-state index < -0.39 is 54.0 Å². The summed E-state index contributed by atoms with van der Waals surface area (Å²) in [5.74, 6) is -7.50. The van der Waals surface area contributed by atoms with Crippen molar-refractivity contribution in [3.8, 4) is 0 Å². The van der Waals surface area contributed by atoms with Crippen LogP contribution >= 0.6 is 0 Å². The van der Waals surface area contributed by atoms with Crippen LogP contribution in [0.15, 0.2) is 30.5 Å². The number of anilines is 1. The number of nitrogens with one attached hydrogen (secondary N) is 3. The molecule has 1 aromatic heterocycles. The lowest BCUT2D eigenvalue weighted by molar-refractivity contribution is -0.124. The molecule has 4 saturated carbocycles. The largest absolute Gasteiger partial charge is 0.386 e. The van der Waals surface area contributed by atoms with Gasteiger partial charge in [-0.2, -0.15) is 5.10 Å². The third-order valence-corrected chi connectivity index (χ3v) is 12.3. The number of rotatable bonds is 14. The molecule has 3 unspecified atom stereocenters. The number of carbonyl (C=O) groups is 4. The number of halogens is 7. The second kappa shape index (κ2) is 19.1. The van der Waals surface area contributed by atoms with Crippen LogP contribution in [0.2, 0.25) is 0 Å². The number of benzene rings is 1. The zero-order valence-electron chi connectivity index (χ0n) is 33.8. The highest BCUT2D eigenvalue weighted by atomic mass is 19.3. The van der Waals surface area contributed by atoms with Gasteiger partial charge in [-0.25, -0.2) is 30.7 Å². The van der Waals surface area contributed by atoms with Crippen LogP contribution in [-0.4, -0.2) is 120 Å². The molecule has 2 heterocycles. The van der Waals surface area contributed by atoms with Crippen molar-refractivity contribution in [3.63, 3.8) is 0 Å². The number of hydrogen-bond donors (Lipinski definition) is 3. The van der Waals surface area contributed by atoms with Crippen molar-refractivity contribution < 1.29 is 49.9 Å². The van der Waals surface area contributed by atoms with Gasteiger partial charge < -0.3 is 30.4 Å². The zero-order valence-corrected chi connectivity index (χ0v) is 33.8. The quantitative estimate of drug-likeness (QED) is 0.155. The Labute approximate surface area is 340 Å². The van der Waals surface area contributed by atoms with Crippen LogP contribution in [-0.2, 0) is 26.3 Å². The smallest absolute Gasteiger partial charge is 0.270 e. The molecule has 18 heteroatoms. The van der Waals surface area contributed by atoms with Gasteiger partial charge in [0.1, 0.15) is 24.1 Å². The van der Waals surface area contributed by atoms with Gasteiger partial charge in [0, 0.05) is 82.5 Å².